The maximum atomic E-state index is 5.57. The van der Waals surface area contributed by atoms with Gasteiger partial charge in [-0.15, -0.1) is 11.3 Å². The largest absolute Gasteiger partial charge is 0.361 e. The third-order valence-electron chi connectivity index (χ3n) is 2.88. The zero-order valence-corrected chi connectivity index (χ0v) is 11.5. The topological polar surface area (TPSA) is 63.8 Å². The van der Waals surface area contributed by atoms with Crippen LogP contribution in [0.3, 0.4) is 0 Å². The van der Waals surface area contributed by atoms with Crippen molar-refractivity contribution in [2.24, 2.45) is 5.73 Å². The van der Waals surface area contributed by atoms with Gasteiger partial charge in [0, 0.05) is 42.0 Å². The van der Waals surface area contributed by atoms with Gasteiger partial charge in [0.05, 0.1) is 0 Å². The SMILES string of the molecule is CC(C)(CNc1ncc(CN)s1)c1cccnc1. The van der Waals surface area contributed by atoms with Gasteiger partial charge in [0.2, 0.25) is 0 Å². The highest BCUT2D eigenvalue weighted by Crippen LogP contribution is 2.24. The second-order valence-corrected chi connectivity index (χ2v) is 5.93. The Bertz CT molecular complexity index is 493. The van der Waals surface area contributed by atoms with Crippen molar-refractivity contribution in [3.8, 4) is 0 Å². The summed E-state index contributed by atoms with van der Waals surface area (Å²) in [5, 5.41) is 4.29. The number of rotatable bonds is 5. The van der Waals surface area contributed by atoms with Crippen LogP contribution in [0.15, 0.2) is 30.7 Å². The van der Waals surface area contributed by atoms with Crippen molar-refractivity contribution in [1.29, 1.82) is 0 Å². The van der Waals surface area contributed by atoms with Crippen LogP contribution in [0.5, 0.6) is 0 Å². The van der Waals surface area contributed by atoms with Crippen molar-refractivity contribution in [2.75, 3.05) is 11.9 Å². The van der Waals surface area contributed by atoms with E-state index >= 15 is 0 Å². The fraction of sp³-hybridized carbons (Fsp3) is 0.385. The lowest BCUT2D eigenvalue weighted by atomic mass is 9.86. The summed E-state index contributed by atoms with van der Waals surface area (Å²) in [5.74, 6) is 0. The van der Waals surface area contributed by atoms with Crippen molar-refractivity contribution in [1.82, 2.24) is 9.97 Å². The lowest BCUT2D eigenvalue weighted by Gasteiger charge is -2.24. The first-order valence-electron chi connectivity index (χ1n) is 5.91. The predicted octanol–water partition coefficient (Wildman–Crippen LogP) is 2.39. The third-order valence-corrected chi connectivity index (χ3v) is 3.86. The molecule has 18 heavy (non-hydrogen) atoms. The van der Waals surface area contributed by atoms with Crippen LogP contribution in [0.25, 0.3) is 0 Å². The molecule has 96 valence electrons. The van der Waals surface area contributed by atoms with Crippen LogP contribution in [0.4, 0.5) is 5.13 Å². The third kappa shape index (κ3) is 3.05. The lowest BCUT2D eigenvalue weighted by Crippen LogP contribution is -2.27. The van der Waals surface area contributed by atoms with Crippen LogP contribution in [0.1, 0.15) is 24.3 Å². The molecule has 0 aliphatic heterocycles. The number of thiazole rings is 1. The maximum Gasteiger partial charge on any atom is 0.182 e. The second kappa shape index (κ2) is 5.46. The number of nitrogens with zero attached hydrogens (tertiary/aromatic N) is 2. The van der Waals surface area contributed by atoms with Gasteiger partial charge in [-0.25, -0.2) is 4.98 Å². The summed E-state index contributed by atoms with van der Waals surface area (Å²) in [6, 6.07) is 4.06. The first kappa shape index (κ1) is 13.0. The number of hydrogen-bond donors (Lipinski definition) is 2. The molecule has 0 aliphatic rings. The fourth-order valence-corrected chi connectivity index (χ4v) is 2.33. The summed E-state index contributed by atoms with van der Waals surface area (Å²) in [7, 11) is 0. The van der Waals surface area contributed by atoms with Crippen molar-refractivity contribution < 1.29 is 0 Å². The molecule has 2 heterocycles. The van der Waals surface area contributed by atoms with Gasteiger partial charge < -0.3 is 11.1 Å². The van der Waals surface area contributed by atoms with Crippen molar-refractivity contribution in [3.63, 3.8) is 0 Å². The molecule has 0 unspecified atom stereocenters. The molecule has 0 aliphatic carbocycles. The minimum atomic E-state index is 0.0167. The van der Waals surface area contributed by atoms with E-state index in [9.17, 15) is 0 Å². The summed E-state index contributed by atoms with van der Waals surface area (Å²) >= 11 is 1.61. The summed E-state index contributed by atoms with van der Waals surface area (Å²) in [6.07, 6.45) is 5.53. The van der Waals surface area contributed by atoms with E-state index in [-0.39, 0.29) is 5.41 Å². The predicted molar refractivity (Wildman–Crippen MR) is 75.8 cm³/mol. The van der Waals surface area contributed by atoms with Crippen LogP contribution < -0.4 is 11.1 Å². The Hall–Kier alpha value is -1.46. The average Bonchev–Trinajstić information content (AvgIpc) is 2.86. The minimum absolute atomic E-state index is 0.0167. The molecule has 2 aromatic heterocycles. The molecular weight excluding hydrogens is 244 g/mol. The normalized spacial score (nSPS) is 11.5. The Morgan fingerprint density at radius 1 is 1.39 bits per heavy atom. The van der Waals surface area contributed by atoms with E-state index in [1.54, 1.807) is 17.5 Å². The van der Waals surface area contributed by atoms with Gasteiger partial charge in [-0.2, -0.15) is 0 Å². The first-order valence-corrected chi connectivity index (χ1v) is 6.72. The molecule has 0 bridgehead atoms. The molecule has 0 atom stereocenters. The molecule has 4 nitrogen and oxygen atoms in total. The van der Waals surface area contributed by atoms with Crippen LogP contribution >= 0.6 is 11.3 Å². The second-order valence-electron chi connectivity index (χ2n) is 4.81. The molecule has 0 aromatic carbocycles. The summed E-state index contributed by atoms with van der Waals surface area (Å²) in [6.45, 7) is 5.74. The monoisotopic (exact) mass is 262 g/mol. The molecule has 0 saturated heterocycles. The highest BCUT2D eigenvalue weighted by molar-refractivity contribution is 7.15. The highest BCUT2D eigenvalue weighted by Gasteiger charge is 2.20. The van der Waals surface area contributed by atoms with Gasteiger partial charge >= 0.3 is 0 Å². The fourth-order valence-electron chi connectivity index (χ4n) is 1.65. The Balaban J connectivity index is 2.00. The number of nitrogens with one attached hydrogen (secondary N) is 1. The minimum Gasteiger partial charge on any atom is -0.361 e. The smallest absolute Gasteiger partial charge is 0.182 e. The van der Waals surface area contributed by atoms with Gasteiger partial charge in [0.25, 0.3) is 0 Å². The molecule has 2 rings (SSSR count). The maximum absolute atomic E-state index is 5.57. The summed E-state index contributed by atoms with van der Waals surface area (Å²) in [4.78, 5) is 9.56. The molecule has 3 N–H and O–H groups in total. The molecular formula is C13H18N4S. The van der Waals surface area contributed by atoms with Crippen LogP contribution in [-0.2, 0) is 12.0 Å². The summed E-state index contributed by atoms with van der Waals surface area (Å²) < 4.78 is 0. The quantitative estimate of drug-likeness (QED) is 0.868. The zero-order chi connectivity index (χ0) is 13.0. The zero-order valence-electron chi connectivity index (χ0n) is 10.7. The van der Waals surface area contributed by atoms with E-state index in [1.165, 1.54) is 5.56 Å². The van der Waals surface area contributed by atoms with Crippen LogP contribution in [0.2, 0.25) is 0 Å². The number of aromatic nitrogens is 2. The molecule has 5 heteroatoms. The number of hydrogen-bond acceptors (Lipinski definition) is 5. The van der Waals surface area contributed by atoms with Gasteiger partial charge in [0.1, 0.15) is 0 Å². The molecule has 2 aromatic rings. The van der Waals surface area contributed by atoms with E-state index in [4.69, 9.17) is 5.73 Å². The molecule has 0 spiro atoms. The molecule has 0 saturated carbocycles. The van der Waals surface area contributed by atoms with Gasteiger partial charge in [-0.05, 0) is 11.6 Å². The number of anilines is 1. The van der Waals surface area contributed by atoms with Crippen LogP contribution in [-0.4, -0.2) is 16.5 Å². The Labute approximate surface area is 111 Å². The number of pyridine rings is 1. The Kier molecular flexibility index (Phi) is 3.93. The van der Waals surface area contributed by atoms with Crippen molar-refractivity contribution >= 4 is 16.5 Å². The van der Waals surface area contributed by atoms with Crippen molar-refractivity contribution in [3.05, 3.63) is 41.2 Å². The Morgan fingerprint density at radius 3 is 2.83 bits per heavy atom. The molecule has 0 amide bonds. The van der Waals surface area contributed by atoms with Gasteiger partial charge in [-0.3, -0.25) is 4.98 Å². The summed E-state index contributed by atoms with van der Waals surface area (Å²) in [5.41, 5.74) is 6.80. The van der Waals surface area contributed by atoms with E-state index in [0.717, 1.165) is 16.6 Å². The van der Waals surface area contributed by atoms with E-state index in [1.807, 2.05) is 18.5 Å². The van der Waals surface area contributed by atoms with Gasteiger partial charge in [-0.1, -0.05) is 19.9 Å². The highest BCUT2D eigenvalue weighted by atomic mass is 32.1. The number of nitrogens with two attached hydrogens (primary N) is 1. The molecule has 0 radical (unpaired) electrons. The first-order chi connectivity index (χ1) is 8.62. The standard InChI is InChI=1S/C13H18N4S/c1-13(2,10-4-3-5-15-7-10)9-17-12-16-8-11(6-14)18-12/h3-5,7-8H,6,9,14H2,1-2H3,(H,16,17). The molecule has 0 fully saturated rings. The van der Waals surface area contributed by atoms with Gasteiger partial charge in [0.15, 0.2) is 5.13 Å². The van der Waals surface area contributed by atoms with E-state index < -0.39 is 0 Å². The van der Waals surface area contributed by atoms with E-state index in [2.05, 4.69) is 35.2 Å². The lowest BCUT2D eigenvalue weighted by molar-refractivity contribution is 0.554. The van der Waals surface area contributed by atoms with Crippen molar-refractivity contribution in [2.45, 2.75) is 25.8 Å². The average molecular weight is 262 g/mol. The van der Waals surface area contributed by atoms with Crippen LogP contribution in [0, 0.1) is 0 Å². The Morgan fingerprint density at radius 2 is 2.22 bits per heavy atom. The van der Waals surface area contributed by atoms with E-state index in [0.29, 0.717) is 6.54 Å².